The third kappa shape index (κ3) is 3.79. The molecule has 9 nitrogen and oxygen atoms in total. The molecule has 0 unspecified atom stereocenters. The van der Waals surface area contributed by atoms with Crippen molar-refractivity contribution in [3.8, 4) is 57.1 Å². The summed E-state index contributed by atoms with van der Waals surface area (Å²) in [5.41, 5.74) is 3.55. The quantitative estimate of drug-likeness (QED) is 0.292. The number of imidazole rings is 4. The van der Waals surface area contributed by atoms with E-state index in [0.29, 0.717) is 11.5 Å². The van der Waals surface area contributed by atoms with Crippen molar-refractivity contribution in [3.63, 3.8) is 0 Å². The van der Waals surface area contributed by atoms with Gasteiger partial charge in [0.2, 0.25) is 0 Å². The second-order valence-corrected chi connectivity index (χ2v) is 7.35. The zero-order chi connectivity index (χ0) is 22.0. The van der Waals surface area contributed by atoms with Crippen LogP contribution in [-0.4, -0.2) is 39.9 Å². The number of nitrogens with one attached hydrogen (secondary N) is 4. The van der Waals surface area contributed by atoms with Gasteiger partial charge in [-0.3, -0.25) is 0 Å². The van der Waals surface area contributed by atoms with Gasteiger partial charge in [-0.05, 0) is 36.4 Å². The third-order valence-corrected chi connectivity index (χ3v) is 5.14. The molecule has 0 amide bonds. The number of aromatic nitrogens is 8. The van der Waals surface area contributed by atoms with Crippen molar-refractivity contribution in [2.75, 3.05) is 0 Å². The maximum Gasteiger partial charge on any atom is 0.137 e. The van der Waals surface area contributed by atoms with Crippen LogP contribution in [0.5, 0.6) is 11.5 Å². The molecule has 0 atom stereocenters. The van der Waals surface area contributed by atoms with Crippen LogP contribution in [0.2, 0.25) is 0 Å². The number of benzene rings is 2. The van der Waals surface area contributed by atoms with E-state index in [2.05, 4.69) is 39.9 Å². The van der Waals surface area contributed by atoms with Gasteiger partial charge < -0.3 is 24.7 Å². The molecule has 0 aliphatic rings. The first-order valence-corrected chi connectivity index (χ1v) is 10.3. The van der Waals surface area contributed by atoms with Crippen molar-refractivity contribution in [1.29, 1.82) is 0 Å². The normalized spacial score (nSPS) is 11.0. The van der Waals surface area contributed by atoms with Crippen molar-refractivity contribution in [2.45, 2.75) is 0 Å². The lowest BCUT2D eigenvalue weighted by Crippen LogP contribution is -1.92. The molecule has 6 rings (SSSR count). The van der Waals surface area contributed by atoms with Crippen LogP contribution in [0.25, 0.3) is 45.6 Å². The van der Waals surface area contributed by atoms with Crippen LogP contribution in [0, 0.1) is 0 Å². The number of hydrogen-bond donors (Lipinski definition) is 4. The molecule has 0 fully saturated rings. The summed E-state index contributed by atoms with van der Waals surface area (Å²) in [6.07, 6.45) is 14.0. The van der Waals surface area contributed by atoms with E-state index in [1.165, 1.54) is 0 Å². The molecule has 6 aromatic rings. The Kier molecular flexibility index (Phi) is 4.54. The smallest absolute Gasteiger partial charge is 0.137 e. The first-order chi connectivity index (χ1) is 16.3. The predicted molar refractivity (Wildman–Crippen MR) is 123 cm³/mol. The van der Waals surface area contributed by atoms with Crippen molar-refractivity contribution >= 4 is 0 Å². The van der Waals surface area contributed by atoms with Gasteiger partial charge in [-0.25, -0.2) is 19.9 Å². The summed E-state index contributed by atoms with van der Waals surface area (Å²) in [5.74, 6) is 4.28. The number of hydrogen-bond acceptors (Lipinski definition) is 5. The molecular weight excluding hydrogens is 416 g/mol. The summed E-state index contributed by atoms with van der Waals surface area (Å²) in [6.45, 7) is 0. The van der Waals surface area contributed by atoms with E-state index in [1.54, 1.807) is 49.6 Å². The first kappa shape index (κ1) is 18.8. The zero-order valence-corrected chi connectivity index (χ0v) is 17.3. The van der Waals surface area contributed by atoms with E-state index in [4.69, 9.17) is 4.74 Å². The highest BCUT2D eigenvalue weighted by Gasteiger charge is 2.13. The highest BCUT2D eigenvalue weighted by Crippen LogP contribution is 2.34. The second-order valence-electron chi connectivity index (χ2n) is 7.35. The Balaban J connectivity index is 1.45. The van der Waals surface area contributed by atoms with Gasteiger partial charge in [0.1, 0.15) is 34.8 Å². The Hall–Kier alpha value is -4.92. The molecule has 2 aromatic carbocycles. The van der Waals surface area contributed by atoms with Crippen LogP contribution in [0.15, 0.2) is 86.0 Å². The number of aromatic amines is 4. The van der Waals surface area contributed by atoms with Crippen LogP contribution < -0.4 is 4.74 Å². The summed E-state index contributed by atoms with van der Waals surface area (Å²) >= 11 is 0. The van der Waals surface area contributed by atoms with Crippen LogP contribution >= 0.6 is 0 Å². The fourth-order valence-corrected chi connectivity index (χ4v) is 3.69. The van der Waals surface area contributed by atoms with Crippen molar-refractivity contribution < 1.29 is 4.74 Å². The predicted octanol–water partition coefficient (Wildman–Crippen LogP) is 5.04. The monoisotopic (exact) mass is 434 g/mol. The average molecular weight is 434 g/mol. The average Bonchev–Trinajstić information content (AvgIpc) is 3.68. The van der Waals surface area contributed by atoms with Gasteiger partial charge in [0.05, 0.1) is 0 Å². The molecule has 0 spiro atoms. The Labute approximate surface area is 188 Å². The first-order valence-electron chi connectivity index (χ1n) is 10.3. The van der Waals surface area contributed by atoms with Gasteiger partial charge in [-0.1, -0.05) is 0 Å². The van der Waals surface area contributed by atoms with Crippen molar-refractivity contribution in [1.82, 2.24) is 39.9 Å². The maximum absolute atomic E-state index is 6.37. The van der Waals surface area contributed by atoms with E-state index in [1.807, 2.05) is 36.4 Å². The summed E-state index contributed by atoms with van der Waals surface area (Å²) in [5, 5.41) is 0. The number of rotatable bonds is 6. The number of ether oxygens (including phenoxy) is 1. The molecule has 4 heterocycles. The summed E-state index contributed by atoms with van der Waals surface area (Å²) in [7, 11) is 0. The maximum atomic E-state index is 6.37. The van der Waals surface area contributed by atoms with Crippen molar-refractivity contribution in [3.05, 3.63) is 86.0 Å². The lowest BCUT2D eigenvalue weighted by molar-refractivity contribution is 0.483. The van der Waals surface area contributed by atoms with Crippen LogP contribution in [-0.2, 0) is 0 Å². The zero-order valence-electron chi connectivity index (χ0n) is 17.3. The van der Waals surface area contributed by atoms with E-state index in [9.17, 15) is 0 Å². The van der Waals surface area contributed by atoms with Gasteiger partial charge >= 0.3 is 0 Å². The highest BCUT2D eigenvalue weighted by molar-refractivity contribution is 5.71. The number of nitrogens with zero attached hydrogens (tertiary/aromatic N) is 4. The molecule has 4 aromatic heterocycles. The molecule has 0 saturated carbocycles. The Morgan fingerprint density at radius 3 is 0.970 bits per heavy atom. The lowest BCUT2D eigenvalue weighted by Gasteiger charge is -2.12. The topological polar surface area (TPSA) is 124 Å². The molecule has 0 radical (unpaired) electrons. The van der Waals surface area contributed by atoms with Crippen LogP contribution in [0.3, 0.4) is 0 Å². The minimum absolute atomic E-state index is 0.650. The number of H-pyrrole nitrogens is 4. The molecule has 4 N–H and O–H groups in total. The molecule has 33 heavy (non-hydrogen) atoms. The van der Waals surface area contributed by atoms with E-state index in [-0.39, 0.29) is 0 Å². The largest absolute Gasteiger partial charge is 0.457 e. The lowest BCUT2D eigenvalue weighted by atomic mass is 10.1. The SMILES string of the molecule is c1c[nH]c(-c2cc(Oc3cc(-c4ncc[nH]4)cc(-c4ncc[nH]4)c3)cc(-c3ncc[nH]3)c2)n1. The van der Waals surface area contributed by atoms with Gasteiger partial charge in [0, 0.05) is 71.8 Å². The van der Waals surface area contributed by atoms with E-state index in [0.717, 1.165) is 45.6 Å². The minimum atomic E-state index is 0.650. The molecular formula is C24H18N8O. The van der Waals surface area contributed by atoms with Crippen molar-refractivity contribution in [2.24, 2.45) is 0 Å². The van der Waals surface area contributed by atoms with Gasteiger partial charge in [-0.15, -0.1) is 0 Å². The van der Waals surface area contributed by atoms with Gasteiger partial charge in [0.25, 0.3) is 0 Å². The molecule has 160 valence electrons. The van der Waals surface area contributed by atoms with Gasteiger partial charge in [-0.2, -0.15) is 0 Å². The molecule has 0 bridgehead atoms. The fourth-order valence-electron chi connectivity index (χ4n) is 3.69. The van der Waals surface area contributed by atoms with Crippen LogP contribution in [0.4, 0.5) is 0 Å². The standard InChI is InChI=1S/C24H18N8O/c1-2-26-21(25-1)15-9-16(22-27-3-4-28-22)12-19(11-15)33-20-13-17(23-29-5-6-30-23)10-18(14-20)24-31-7-8-32-24/h1-14H,(H,25,26)(H,27,28)(H,29,30)(H,31,32). The molecule has 0 aliphatic heterocycles. The summed E-state index contributed by atoms with van der Waals surface area (Å²) in [4.78, 5) is 30.1. The summed E-state index contributed by atoms with van der Waals surface area (Å²) < 4.78 is 6.37. The molecule has 9 heteroatoms. The minimum Gasteiger partial charge on any atom is -0.457 e. The molecule has 0 saturated heterocycles. The van der Waals surface area contributed by atoms with Gasteiger partial charge in [0.15, 0.2) is 0 Å². The van der Waals surface area contributed by atoms with E-state index >= 15 is 0 Å². The van der Waals surface area contributed by atoms with Crippen LogP contribution in [0.1, 0.15) is 0 Å². The summed E-state index contributed by atoms with van der Waals surface area (Å²) in [6, 6.07) is 11.8. The molecule has 0 aliphatic carbocycles. The highest BCUT2D eigenvalue weighted by atomic mass is 16.5. The van der Waals surface area contributed by atoms with E-state index < -0.39 is 0 Å². The third-order valence-electron chi connectivity index (χ3n) is 5.14. The Bertz CT molecular complexity index is 1250. The second kappa shape index (κ2) is 7.97. The Morgan fingerprint density at radius 1 is 0.424 bits per heavy atom. The fraction of sp³-hybridized carbons (Fsp3) is 0. The Morgan fingerprint density at radius 2 is 0.727 bits per heavy atom.